The minimum atomic E-state index is -1.11. The van der Waals surface area contributed by atoms with Crippen molar-refractivity contribution in [3.05, 3.63) is 12.1 Å². The van der Waals surface area contributed by atoms with E-state index in [-0.39, 0.29) is 5.95 Å². The standard InChI is InChI=1S/C8H11Cl2NO3/c1-8(2)11(7(12)6(9)10)4-5(13-3)14-8/h4,6H,1-3H3. The van der Waals surface area contributed by atoms with Crippen molar-refractivity contribution in [2.45, 2.75) is 24.4 Å². The number of methoxy groups -OCH3 is 1. The Labute approximate surface area is 92.4 Å². The topological polar surface area (TPSA) is 38.8 Å². The van der Waals surface area contributed by atoms with E-state index in [0.29, 0.717) is 0 Å². The molecule has 0 aromatic rings. The molecule has 0 aromatic carbocycles. The van der Waals surface area contributed by atoms with Gasteiger partial charge in [-0.3, -0.25) is 9.69 Å². The van der Waals surface area contributed by atoms with Crippen molar-refractivity contribution in [3.8, 4) is 0 Å². The second kappa shape index (κ2) is 3.87. The summed E-state index contributed by atoms with van der Waals surface area (Å²) in [6.45, 7) is 3.42. The highest BCUT2D eigenvalue weighted by Crippen LogP contribution is 2.30. The van der Waals surface area contributed by atoms with Gasteiger partial charge in [-0.05, 0) is 13.8 Å². The predicted octanol–water partition coefficient (Wildman–Crippen LogP) is 1.83. The van der Waals surface area contributed by atoms with Crippen LogP contribution in [0.1, 0.15) is 13.8 Å². The molecule has 14 heavy (non-hydrogen) atoms. The van der Waals surface area contributed by atoms with Crippen molar-refractivity contribution in [2.75, 3.05) is 7.11 Å². The lowest BCUT2D eigenvalue weighted by molar-refractivity contribution is -0.143. The Morgan fingerprint density at radius 3 is 2.57 bits per heavy atom. The monoisotopic (exact) mass is 239 g/mol. The van der Waals surface area contributed by atoms with Crippen LogP contribution in [-0.2, 0) is 14.3 Å². The molecule has 0 aromatic heterocycles. The van der Waals surface area contributed by atoms with E-state index in [9.17, 15) is 4.79 Å². The average Bonchev–Trinajstić information content (AvgIpc) is 2.39. The first-order valence-corrected chi connectivity index (χ1v) is 4.82. The largest absolute Gasteiger partial charge is 0.468 e. The van der Waals surface area contributed by atoms with Gasteiger partial charge in [-0.15, -0.1) is 0 Å². The van der Waals surface area contributed by atoms with Crippen LogP contribution < -0.4 is 0 Å². The SMILES string of the molecule is COC1=CN(C(=O)C(Cl)Cl)C(C)(C)O1. The van der Waals surface area contributed by atoms with Crippen LogP contribution in [0.25, 0.3) is 0 Å². The Hall–Kier alpha value is -0.610. The number of carbonyl (C=O) groups is 1. The molecule has 1 aliphatic rings. The molecule has 1 amide bonds. The van der Waals surface area contributed by atoms with Crippen LogP contribution in [0.2, 0.25) is 0 Å². The first-order chi connectivity index (χ1) is 6.38. The quantitative estimate of drug-likeness (QED) is 0.691. The van der Waals surface area contributed by atoms with Crippen molar-refractivity contribution in [3.63, 3.8) is 0 Å². The fraction of sp³-hybridized carbons (Fsp3) is 0.625. The molecule has 0 saturated carbocycles. The lowest BCUT2D eigenvalue weighted by Crippen LogP contribution is -2.44. The number of ether oxygens (including phenoxy) is 2. The molecule has 0 spiro atoms. The van der Waals surface area contributed by atoms with Gasteiger partial charge in [0.05, 0.1) is 13.3 Å². The van der Waals surface area contributed by atoms with Crippen LogP contribution in [0.5, 0.6) is 0 Å². The summed E-state index contributed by atoms with van der Waals surface area (Å²) < 4.78 is 10.2. The van der Waals surface area contributed by atoms with Crippen molar-refractivity contribution in [2.24, 2.45) is 0 Å². The van der Waals surface area contributed by atoms with E-state index >= 15 is 0 Å². The highest BCUT2D eigenvalue weighted by molar-refractivity contribution is 6.53. The maximum atomic E-state index is 11.5. The van der Waals surface area contributed by atoms with E-state index in [0.717, 1.165) is 0 Å². The van der Waals surface area contributed by atoms with Gasteiger partial charge in [0.15, 0.2) is 10.6 Å². The molecule has 6 heteroatoms. The molecule has 80 valence electrons. The third-order valence-electron chi connectivity index (χ3n) is 1.79. The molecule has 0 fully saturated rings. The molecule has 0 bridgehead atoms. The van der Waals surface area contributed by atoms with Gasteiger partial charge >= 0.3 is 0 Å². The minimum absolute atomic E-state index is 0.261. The summed E-state index contributed by atoms with van der Waals surface area (Å²) in [5.41, 5.74) is -0.815. The molecular formula is C8H11Cl2NO3. The number of hydrogen-bond donors (Lipinski definition) is 0. The van der Waals surface area contributed by atoms with Crippen LogP contribution in [0.4, 0.5) is 0 Å². The van der Waals surface area contributed by atoms with Crippen molar-refractivity contribution in [1.29, 1.82) is 0 Å². The number of carbonyl (C=O) groups excluding carboxylic acids is 1. The molecule has 4 nitrogen and oxygen atoms in total. The first kappa shape index (κ1) is 11.5. The lowest BCUT2D eigenvalue weighted by atomic mass is 10.3. The van der Waals surface area contributed by atoms with Gasteiger partial charge in [0.25, 0.3) is 11.9 Å². The maximum Gasteiger partial charge on any atom is 0.298 e. The maximum absolute atomic E-state index is 11.5. The van der Waals surface area contributed by atoms with E-state index in [1.807, 2.05) is 0 Å². The molecule has 0 unspecified atom stereocenters. The van der Waals surface area contributed by atoms with Gasteiger partial charge in [0, 0.05) is 0 Å². The summed E-state index contributed by atoms with van der Waals surface area (Å²) >= 11 is 11.0. The van der Waals surface area contributed by atoms with Crippen LogP contribution in [-0.4, -0.2) is 28.5 Å². The number of hydrogen-bond acceptors (Lipinski definition) is 3. The lowest BCUT2D eigenvalue weighted by Gasteiger charge is -2.29. The van der Waals surface area contributed by atoms with E-state index < -0.39 is 16.5 Å². The van der Waals surface area contributed by atoms with Crippen LogP contribution in [0.3, 0.4) is 0 Å². The molecule has 0 aliphatic carbocycles. The fourth-order valence-electron chi connectivity index (χ4n) is 1.11. The van der Waals surface area contributed by atoms with Crippen LogP contribution in [0.15, 0.2) is 12.1 Å². The Balaban J connectivity index is 2.86. The summed E-state index contributed by atoms with van der Waals surface area (Å²) in [4.78, 5) is 11.7. The van der Waals surface area contributed by atoms with Gasteiger partial charge in [-0.25, -0.2) is 0 Å². The summed E-state index contributed by atoms with van der Waals surface area (Å²) in [5, 5.41) is 0. The van der Waals surface area contributed by atoms with Gasteiger partial charge in [-0.1, -0.05) is 23.2 Å². The molecule has 1 aliphatic heterocycles. The number of halogens is 2. The van der Waals surface area contributed by atoms with Crippen molar-refractivity contribution in [1.82, 2.24) is 4.90 Å². The fourth-order valence-corrected chi connectivity index (χ4v) is 1.32. The first-order valence-electron chi connectivity index (χ1n) is 3.94. The zero-order valence-corrected chi connectivity index (χ0v) is 9.59. The summed E-state index contributed by atoms with van der Waals surface area (Å²) in [7, 11) is 1.45. The third-order valence-corrected chi connectivity index (χ3v) is 2.16. The molecular weight excluding hydrogens is 229 g/mol. The number of rotatable bonds is 2. The van der Waals surface area contributed by atoms with E-state index in [4.69, 9.17) is 32.7 Å². The Morgan fingerprint density at radius 2 is 2.21 bits per heavy atom. The van der Waals surface area contributed by atoms with Gasteiger partial charge in [-0.2, -0.15) is 0 Å². The molecule has 0 saturated heterocycles. The van der Waals surface area contributed by atoms with Gasteiger partial charge in [0.2, 0.25) is 0 Å². The van der Waals surface area contributed by atoms with E-state index in [1.165, 1.54) is 18.2 Å². The van der Waals surface area contributed by atoms with Crippen LogP contribution in [0, 0.1) is 0 Å². The zero-order valence-electron chi connectivity index (χ0n) is 8.08. The summed E-state index contributed by atoms with van der Waals surface area (Å²) in [6, 6.07) is 0. The Morgan fingerprint density at radius 1 is 1.64 bits per heavy atom. The summed E-state index contributed by atoms with van der Waals surface area (Å²) in [6.07, 6.45) is 1.43. The van der Waals surface area contributed by atoms with Crippen molar-refractivity contribution < 1.29 is 14.3 Å². The zero-order chi connectivity index (χ0) is 10.9. The van der Waals surface area contributed by atoms with Crippen molar-refractivity contribution >= 4 is 29.1 Å². The molecule has 0 radical (unpaired) electrons. The molecule has 1 heterocycles. The Bertz CT molecular complexity index is 276. The average molecular weight is 240 g/mol. The number of amides is 1. The summed E-state index contributed by atoms with van der Waals surface area (Å²) in [5.74, 6) is -0.178. The predicted molar refractivity (Wildman–Crippen MR) is 52.6 cm³/mol. The van der Waals surface area contributed by atoms with Gasteiger partial charge < -0.3 is 9.47 Å². The third kappa shape index (κ3) is 2.07. The molecule has 1 rings (SSSR count). The second-order valence-corrected chi connectivity index (χ2v) is 4.31. The molecule has 0 N–H and O–H groups in total. The Kier molecular flexibility index (Phi) is 3.17. The second-order valence-electron chi connectivity index (χ2n) is 3.21. The van der Waals surface area contributed by atoms with E-state index in [2.05, 4.69) is 0 Å². The van der Waals surface area contributed by atoms with E-state index in [1.54, 1.807) is 13.8 Å². The number of alkyl halides is 2. The normalized spacial score (nSPS) is 19.3. The number of nitrogens with zero attached hydrogens (tertiary/aromatic N) is 1. The van der Waals surface area contributed by atoms with Gasteiger partial charge in [0.1, 0.15) is 0 Å². The smallest absolute Gasteiger partial charge is 0.298 e. The molecule has 0 atom stereocenters. The minimum Gasteiger partial charge on any atom is -0.468 e. The highest BCUT2D eigenvalue weighted by atomic mass is 35.5. The van der Waals surface area contributed by atoms with Crippen LogP contribution >= 0.6 is 23.2 Å². The highest BCUT2D eigenvalue weighted by Gasteiger charge is 2.40.